The second-order valence-electron chi connectivity index (χ2n) is 5.64. The van der Waals surface area contributed by atoms with E-state index >= 15 is 0 Å². The molecule has 3 aromatic rings. The Morgan fingerprint density at radius 2 is 2.04 bits per heavy atom. The topological polar surface area (TPSA) is 73.0 Å². The van der Waals surface area contributed by atoms with E-state index in [1.807, 2.05) is 48.9 Å². The molecule has 0 aliphatic heterocycles. The summed E-state index contributed by atoms with van der Waals surface area (Å²) in [5, 5.41) is 11.6. The van der Waals surface area contributed by atoms with Crippen LogP contribution in [0.4, 0.5) is 5.69 Å². The van der Waals surface area contributed by atoms with Crippen molar-refractivity contribution in [1.82, 2.24) is 14.8 Å². The fraction of sp³-hybridized carbons (Fsp3) is 0.278. The average Bonchev–Trinajstić information content (AvgIpc) is 3.26. The van der Waals surface area contributed by atoms with Crippen LogP contribution in [0.15, 0.2) is 52.2 Å². The molecular formula is C18H20N4O2S. The van der Waals surface area contributed by atoms with Crippen LogP contribution in [-0.2, 0) is 18.3 Å². The number of aromatic nitrogens is 3. The molecule has 7 heteroatoms. The Balaban J connectivity index is 1.65. The van der Waals surface area contributed by atoms with Gasteiger partial charge in [-0.3, -0.25) is 4.79 Å². The molecule has 0 radical (unpaired) electrons. The van der Waals surface area contributed by atoms with Gasteiger partial charge in [0.2, 0.25) is 5.91 Å². The average molecular weight is 356 g/mol. The lowest BCUT2D eigenvalue weighted by Crippen LogP contribution is -2.22. The Bertz CT molecular complexity index is 841. The number of nitrogens with zero attached hydrogens (tertiary/aromatic N) is 3. The Labute approximate surface area is 150 Å². The maximum absolute atomic E-state index is 12.4. The van der Waals surface area contributed by atoms with Crippen molar-refractivity contribution in [1.29, 1.82) is 0 Å². The highest BCUT2D eigenvalue weighted by atomic mass is 32.2. The number of nitrogens with one attached hydrogen (secondary N) is 1. The maximum Gasteiger partial charge on any atom is 0.237 e. The number of anilines is 1. The van der Waals surface area contributed by atoms with E-state index in [2.05, 4.69) is 22.4 Å². The van der Waals surface area contributed by atoms with E-state index in [1.54, 1.807) is 12.3 Å². The van der Waals surface area contributed by atoms with E-state index in [1.165, 1.54) is 17.3 Å². The van der Waals surface area contributed by atoms with E-state index in [0.717, 1.165) is 12.1 Å². The number of hydrogen-bond acceptors (Lipinski definition) is 5. The number of aryl methyl sites for hydroxylation is 1. The predicted molar refractivity (Wildman–Crippen MR) is 98.5 cm³/mol. The molecule has 1 unspecified atom stereocenters. The summed E-state index contributed by atoms with van der Waals surface area (Å²) in [6.07, 6.45) is 2.57. The summed E-state index contributed by atoms with van der Waals surface area (Å²) in [6.45, 7) is 3.95. The van der Waals surface area contributed by atoms with Crippen molar-refractivity contribution in [3.05, 3.63) is 48.2 Å². The lowest BCUT2D eigenvalue weighted by atomic mass is 10.1. The van der Waals surface area contributed by atoms with Gasteiger partial charge < -0.3 is 14.3 Å². The normalized spacial score (nSPS) is 12.1. The number of benzene rings is 1. The van der Waals surface area contributed by atoms with Crippen LogP contribution in [0, 0.1) is 0 Å². The standard InChI is InChI=1S/C18H20N4O2S/c1-4-13-7-9-14(10-8-13)19-17(23)12(2)25-18-21-20-16(22(18)3)15-6-5-11-24-15/h5-12H,4H2,1-3H3,(H,19,23). The molecule has 0 fully saturated rings. The lowest BCUT2D eigenvalue weighted by Gasteiger charge is -2.12. The minimum Gasteiger partial charge on any atom is -0.461 e. The van der Waals surface area contributed by atoms with Gasteiger partial charge >= 0.3 is 0 Å². The highest BCUT2D eigenvalue weighted by Crippen LogP contribution is 2.26. The van der Waals surface area contributed by atoms with Crippen LogP contribution in [0.1, 0.15) is 19.4 Å². The lowest BCUT2D eigenvalue weighted by molar-refractivity contribution is -0.115. The third-order valence-corrected chi connectivity index (χ3v) is 4.99. The first-order chi connectivity index (χ1) is 12.1. The first kappa shape index (κ1) is 17.3. The molecule has 3 rings (SSSR count). The monoisotopic (exact) mass is 356 g/mol. The van der Waals surface area contributed by atoms with Gasteiger partial charge in [0.15, 0.2) is 16.7 Å². The molecule has 1 N–H and O–H groups in total. The number of furan rings is 1. The molecule has 1 aromatic carbocycles. The van der Waals surface area contributed by atoms with Gasteiger partial charge in [-0.1, -0.05) is 30.8 Å². The Morgan fingerprint density at radius 1 is 1.28 bits per heavy atom. The van der Waals surface area contributed by atoms with Crippen LogP contribution in [0.3, 0.4) is 0 Å². The zero-order valence-electron chi connectivity index (χ0n) is 14.4. The number of thioether (sulfide) groups is 1. The molecule has 0 aliphatic carbocycles. The zero-order chi connectivity index (χ0) is 17.8. The molecule has 0 spiro atoms. The van der Waals surface area contributed by atoms with Crippen molar-refractivity contribution >= 4 is 23.4 Å². The van der Waals surface area contributed by atoms with Crippen LogP contribution in [0.5, 0.6) is 0 Å². The maximum atomic E-state index is 12.4. The van der Waals surface area contributed by atoms with Crippen molar-refractivity contribution in [2.45, 2.75) is 30.7 Å². The number of carbonyl (C=O) groups excluding carboxylic acids is 1. The summed E-state index contributed by atoms with van der Waals surface area (Å²) in [5.41, 5.74) is 2.04. The van der Waals surface area contributed by atoms with Gasteiger partial charge in [-0.05, 0) is 43.2 Å². The van der Waals surface area contributed by atoms with Crippen molar-refractivity contribution in [2.24, 2.45) is 7.05 Å². The molecule has 0 bridgehead atoms. The molecule has 6 nitrogen and oxygen atoms in total. The van der Waals surface area contributed by atoms with Crippen molar-refractivity contribution < 1.29 is 9.21 Å². The van der Waals surface area contributed by atoms with Crippen LogP contribution >= 0.6 is 11.8 Å². The summed E-state index contributed by atoms with van der Waals surface area (Å²) in [4.78, 5) is 12.4. The Morgan fingerprint density at radius 3 is 2.68 bits per heavy atom. The van der Waals surface area contributed by atoms with E-state index in [0.29, 0.717) is 16.7 Å². The van der Waals surface area contributed by atoms with E-state index in [-0.39, 0.29) is 11.2 Å². The molecule has 130 valence electrons. The molecule has 25 heavy (non-hydrogen) atoms. The molecule has 2 heterocycles. The van der Waals surface area contributed by atoms with Crippen molar-refractivity contribution in [3.63, 3.8) is 0 Å². The van der Waals surface area contributed by atoms with Crippen LogP contribution < -0.4 is 5.32 Å². The van der Waals surface area contributed by atoms with Crippen LogP contribution in [0.25, 0.3) is 11.6 Å². The summed E-state index contributed by atoms with van der Waals surface area (Å²) in [6, 6.07) is 11.5. The predicted octanol–water partition coefficient (Wildman–Crippen LogP) is 3.76. The highest BCUT2D eigenvalue weighted by molar-refractivity contribution is 8.00. The molecule has 1 amide bonds. The van der Waals surface area contributed by atoms with Gasteiger partial charge in [0, 0.05) is 12.7 Å². The van der Waals surface area contributed by atoms with Crippen molar-refractivity contribution in [3.8, 4) is 11.6 Å². The van der Waals surface area contributed by atoms with E-state index in [9.17, 15) is 4.79 Å². The van der Waals surface area contributed by atoms with Crippen LogP contribution in [-0.4, -0.2) is 25.9 Å². The summed E-state index contributed by atoms with van der Waals surface area (Å²) in [5.74, 6) is 1.21. The summed E-state index contributed by atoms with van der Waals surface area (Å²) >= 11 is 1.36. The minimum absolute atomic E-state index is 0.0724. The number of carbonyl (C=O) groups is 1. The van der Waals surface area contributed by atoms with E-state index < -0.39 is 0 Å². The van der Waals surface area contributed by atoms with Gasteiger partial charge in [0.1, 0.15) is 0 Å². The van der Waals surface area contributed by atoms with E-state index in [4.69, 9.17) is 4.42 Å². The number of hydrogen-bond donors (Lipinski definition) is 1. The van der Waals surface area contributed by atoms with Gasteiger partial charge in [0.25, 0.3) is 0 Å². The first-order valence-electron chi connectivity index (χ1n) is 8.08. The molecule has 2 aromatic heterocycles. The van der Waals surface area contributed by atoms with Gasteiger partial charge in [-0.25, -0.2) is 0 Å². The fourth-order valence-electron chi connectivity index (χ4n) is 2.32. The summed E-state index contributed by atoms with van der Waals surface area (Å²) in [7, 11) is 1.86. The number of amides is 1. The second kappa shape index (κ2) is 7.57. The van der Waals surface area contributed by atoms with Gasteiger partial charge in [-0.2, -0.15) is 0 Å². The molecular weight excluding hydrogens is 336 g/mol. The largest absolute Gasteiger partial charge is 0.461 e. The first-order valence-corrected chi connectivity index (χ1v) is 8.96. The number of rotatable bonds is 6. The molecule has 1 atom stereocenters. The fourth-order valence-corrected chi connectivity index (χ4v) is 3.13. The smallest absolute Gasteiger partial charge is 0.237 e. The van der Waals surface area contributed by atoms with Crippen LogP contribution in [0.2, 0.25) is 0 Å². The van der Waals surface area contributed by atoms with Crippen molar-refractivity contribution in [2.75, 3.05) is 5.32 Å². The summed E-state index contributed by atoms with van der Waals surface area (Å²) < 4.78 is 7.17. The molecule has 0 saturated heterocycles. The third kappa shape index (κ3) is 3.93. The quantitative estimate of drug-likeness (QED) is 0.681. The van der Waals surface area contributed by atoms with Gasteiger partial charge in [0.05, 0.1) is 11.5 Å². The van der Waals surface area contributed by atoms with Gasteiger partial charge in [-0.15, -0.1) is 10.2 Å². The Kier molecular flexibility index (Phi) is 5.23. The third-order valence-electron chi connectivity index (χ3n) is 3.86. The molecule has 0 aliphatic rings. The SMILES string of the molecule is CCc1ccc(NC(=O)C(C)Sc2nnc(-c3ccco3)n2C)cc1. The highest BCUT2D eigenvalue weighted by Gasteiger charge is 2.20. The zero-order valence-corrected chi connectivity index (χ0v) is 15.2. The minimum atomic E-state index is -0.307. The second-order valence-corrected chi connectivity index (χ2v) is 6.95. The Hall–Kier alpha value is -2.54. The molecule has 0 saturated carbocycles.